The second kappa shape index (κ2) is 3.48. The number of hydrogen-bond donors (Lipinski definition) is 1. The van der Waals surface area contributed by atoms with Crippen molar-refractivity contribution in [2.45, 2.75) is 6.10 Å². The van der Waals surface area contributed by atoms with Crippen molar-refractivity contribution in [1.29, 1.82) is 0 Å². The first-order valence-electron chi connectivity index (χ1n) is 3.40. The summed E-state index contributed by atoms with van der Waals surface area (Å²) in [4.78, 5) is 10.4. The van der Waals surface area contributed by atoms with Gasteiger partial charge in [0.05, 0.1) is 13.2 Å². The van der Waals surface area contributed by atoms with Gasteiger partial charge in [0.2, 0.25) is 0 Å². The van der Waals surface area contributed by atoms with E-state index in [4.69, 9.17) is 5.11 Å². The summed E-state index contributed by atoms with van der Waals surface area (Å²) >= 11 is 0. The van der Waals surface area contributed by atoms with Gasteiger partial charge in [-0.05, 0) is 0 Å². The third-order valence-corrected chi connectivity index (χ3v) is 2.82. The summed E-state index contributed by atoms with van der Waals surface area (Å²) in [6, 6.07) is 0. The molecule has 13 heavy (non-hydrogen) atoms. The highest BCUT2D eigenvalue weighted by atomic mass is 32.2. The standard InChI is InChI=1S/C5H9NO6S/c1-11-3-4-2-6(5(7)8)13(9,10)12-4/h4H,2-3H2,1H3,(H,7,8). The Morgan fingerprint density at radius 2 is 2.38 bits per heavy atom. The molecule has 0 aromatic carbocycles. The molecule has 1 amide bonds. The molecule has 0 aromatic heterocycles. The van der Waals surface area contributed by atoms with Crippen LogP contribution in [0.15, 0.2) is 0 Å². The quantitative estimate of drug-likeness (QED) is 0.646. The summed E-state index contributed by atoms with van der Waals surface area (Å²) in [6.45, 7) is -0.172. The molecule has 0 radical (unpaired) electrons. The molecule has 7 nitrogen and oxygen atoms in total. The Morgan fingerprint density at radius 3 is 2.77 bits per heavy atom. The van der Waals surface area contributed by atoms with E-state index >= 15 is 0 Å². The fourth-order valence-corrected chi connectivity index (χ4v) is 2.08. The summed E-state index contributed by atoms with van der Waals surface area (Å²) < 4.78 is 31.3. The highest BCUT2D eigenvalue weighted by Gasteiger charge is 2.40. The summed E-state index contributed by atoms with van der Waals surface area (Å²) in [5.41, 5.74) is 0. The van der Waals surface area contributed by atoms with Crippen molar-refractivity contribution in [2.75, 3.05) is 20.3 Å². The zero-order valence-corrected chi connectivity index (χ0v) is 7.65. The van der Waals surface area contributed by atoms with Crippen LogP contribution in [-0.2, 0) is 19.2 Å². The second-order valence-electron chi connectivity index (χ2n) is 2.44. The van der Waals surface area contributed by atoms with Crippen LogP contribution in [0.1, 0.15) is 0 Å². The minimum Gasteiger partial charge on any atom is -0.464 e. The van der Waals surface area contributed by atoms with Crippen molar-refractivity contribution in [3.05, 3.63) is 0 Å². The van der Waals surface area contributed by atoms with Gasteiger partial charge in [0, 0.05) is 7.11 Å². The molecular weight excluding hydrogens is 202 g/mol. The molecule has 1 N–H and O–H groups in total. The van der Waals surface area contributed by atoms with Crippen molar-refractivity contribution in [1.82, 2.24) is 4.31 Å². The second-order valence-corrected chi connectivity index (χ2v) is 3.93. The highest BCUT2D eigenvalue weighted by Crippen LogP contribution is 2.17. The average molecular weight is 211 g/mol. The van der Waals surface area contributed by atoms with Gasteiger partial charge in [-0.25, -0.2) is 8.98 Å². The van der Waals surface area contributed by atoms with Gasteiger partial charge in [0.15, 0.2) is 0 Å². The zero-order valence-electron chi connectivity index (χ0n) is 6.84. The molecule has 1 aliphatic heterocycles. The number of ether oxygens (including phenoxy) is 1. The molecule has 8 heteroatoms. The maximum atomic E-state index is 11.0. The van der Waals surface area contributed by atoms with Crippen LogP contribution in [0.3, 0.4) is 0 Å². The fourth-order valence-electron chi connectivity index (χ4n) is 0.971. The average Bonchev–Trinajstić information content (AvgIpc) is 2.26. The van der Waals surface area contributed by atoms with Gasteiger partial charge in [-0.2, -0.15) is 12.7 Å². The Hall–Kier alpha value is -0.860. The van der Waals surface area contributed by atoms with Gasteiger partial charge in [0.25, 0.3) is 0 Å². The fraction of sp³-hybridized carbons (Fsp3) is 0.800. The van der Waals surface area contributed by atoms with E-state index in [1.165, 1.54) is 7.11 Å². The highest BCUT2D eigenvalue weighted by molar-refractivity contribution is 7.85. The number of rotatable bonds is 2. The van der Waals surface area contributed by atoms with Crippen molar-refractivity contribution < 1.29 is 27.2 Å². The number of hydrogen-bond acceptors (Lipinski definition) is 5. The molecule has 1 atom stereocenters. The Balaban J connectivity index is 2.74. The monoisotopic (exact) mass is 211 g/mol. The van der Waals surface area contributed by atoms with Gasteiger partial charge in [-0.1, -0.05) is 0 Å². The van der Waals surface area contributed by atoms with E-state index in [9.17, 15) is 13.2 Å². The van der Waals surface area contributed by atoms with Crippen LogP contribution in [0.25, 0.3) is 0 Å². The Morgan fingerprint density at radius 1 is 1.77 bits per heavy atom. The summed E-state index contributed by atoms with van der Waals surface area (Å²) in [6.07, 6.45) is -2.29. The number of carboxylic acid groups (broad SMARTS) is 1. The smallest absolute Gasteiger partial charge is 0.422 e. The normalized spacial score (nSPS) is 26.2. The van der Waals surface area contributed by atoms with Crippen LogP contribution in [0, 0.1) is 0 Å². The van der Waals surface area contributed by atoms with E-state index in [2.05, 4.69) is 8.92 Å². The molecule has 1 saturated heterocycles. The molecule has 0 bridgehead atoms. The van der Waals surface area contributed by atoms with Crippen LogP contribution < -0.4 is 0 Å². The van der Waals surface area contributed by atoms with Crippen LogP contribution in [0.5, 0.6) is 0 Å². The minimum absolute atomic E-state index is 0.0447. The SMILES string of the molecule is COCC1CN(C(=O)O)S(=O)(=O)O1. The third-order valence-electron chi connectivity index (χ3n) is 1.46. The van der Waals surface area contributed by atoms with Crippen molar-refractivity contribution in [3.63, 3.8) is 0 Å². The molecule has 1 fully saturated rings. The zero-order chi connectivity index (χ0) is 10.1. The lowest BCUT2D eigenvalue weighted by Crippen LogP contribution is -2.31. The predicted octanol–water partition coefficient (Wildman–Crippen LogP) is -0.744. The molecule has 1 unspecified atom stereocenters. The van der Waals surface area contributed by atoms with Crippen LogP contribution >= 0.6 is 0 Å². The maximum Gasteiger partial charge on any atom is 0.422 e. The summed E-state index contributed by atoms with van der Waals surface area (Å²) in [7, 11) is -2.73. The Kier molecular flexibility index (Phi) is 2.74. The lowest BCUT2D eigenvalue weighted by molar-refractivity contribution is 0.0986. The third kappa shape index (κ3) is 2.08. The van der Waals surface area contributed by atoms with E-state index in [0.29, 0.717) is 0 Å². The first kappa shape index (κ1) is 10.2. The van der Waals surface area contributed by atoms with Crippen molar-refractivity contribution in [3.8, 4) is 0 Å². The molecule has 0 saturated carbocycles. The lowest BCUT2D eigenvalue weighted by Gasteiger charge is -2.05. The Bertz CT molecular complexity index is 298. The van der Waals surface area contributed by atoms with Gasteiger partial charge in [-0.3, -0.25) is 0 Å². The largest absolute Gasteiger partial charge is 0.464 e. The van der Waals surface area contributed by atoms with Gasteiger partial charge >= 0.3 is 16.4 Å². The molecule has 1 aliphatic rings. The maximum absolute atomic E-state index is 11.0. The molecule has 76 valence electrons. The van der Waals surface area contributed by atoms with E-state index < -0.39 is 22.5 Å². The van der Waals surface area contributed by atoms with E-state index in [0.717, 1.165) is 0 Å². The molecule has 1 rings (SSSR count). The van der Waals surface area contributed by atoms with Crippen LogP contribution in [-0.4, -0.2) is 50.3 Å². The minimum atomic E-state index is -4.10. The first-order chi connectivity index (χ1) is 5.97. The topological polar surface area (TPSA) is 93.1 Å². The molecule has 1 heterocycles. The number of carbonyl (C=O) groups is 1. The van der Waals surface area contributed by atoms with Gasteiger partial charge in [0.1, 0.15) is 6.10 Å². The van der Waals surface area contributed by atoms with E-state index in [-0.39, 0.29) is 17.5 Å². The first-order valence-corrected chi connectivity index (χ1v) is 4.76. The Labute approximate surface area is 75.1 Å². The van der Waals surface area contributed by atoms with Gasteiger partial charge < -0.3 is 9.84 Å². The predicted molar refractivity (Wildman–Crippen MR) is 40.4 cm³/mol. The van der Waals surface area contributed by atoms with Crippen LogP contribution in [0.2, 0.25) is 0 Å². The lowest BCUT2D eigenvalue weighted by atomic mass is 10.4. The van der Waals surface area contributed by atoms with Crippen molar-refractivity contribution in [2.24, 2.45) is 0 Å². The molecule has 0 aliphatic carbocycles. The summed E-state index contributed by atoms with van der Waals surface area (Å²) in [5.74, 6) is 0. The molecule has 0 aromatic rings. The number of methoxy groups -OCH3 is 1. The van der Waals surface area contributed by atoms with Gasteiger partial charge in [-0.15, -0.1) is 0 Å². The molecular formula is C5H9NO6S. The van der Waals surface area contributed by atoms with E-state index in [1.807, 2.05) is 0 Å². The van der Waals surface area contributed by atoms with E-state index in [1.54, 1.807) is 0 Å². The molecule has 0 spiro atoms. The summed E-state index contributed by atoms with van der Waals surface area (Å²) in [5, 5.41) is 8.46. The van der Waals surface area contributed by atoms with Crippen LogP contribution in [0.4, 0.5) is 4.79 Å². The number of amides is 1. The van der Waals surface area contributed by atoms with Crippen molar-refractivity contribution >= 4 is 16.4 Å². The number of nitrogens with zero attached hydrogens (tertiary/aromatic N) is 1.